The van der Waals surface area contributed by atoms with Gasteiger partial charge >= 0.3 is 0 Å². The first kappa shape index (κ1) is 9.66. The summed E-state index contributed by atoms with van der Waals surface area (Å²) in [5.41, 5.74) is 0.727. The van der Waals surface area contributed by atoms with Crippen molar-refractivity contribution in [3.05, 3.63) is 35.9 Å². The number of benzene rings is 1. The maximum absolute atomic E-state index is 12.2. The molecule has 2 atom stereocenters. The van der Waals surface area contributed by atoms with Crippen molar-refractivity contribution in [2.24, 2.45) is 0 Å². The van der Waals surface area contributed by atoms with Crippen LogP contribution in [0.2, 0.25) is 0 Å². The Morgan fingerprint density at radius 3 is 2.53 bits per heavy atom. The molecule has 0 bridgehead atoms. The van der Waals surface area contributed by atoms with Crippen LogP contribution in [0.1, 0.15) is 14.7 Å². The first-order valence-corrected chi connectivity index (χ1v) is 5.96. The average Bonchev–Trinajstić information content (AvgIpc) is 2.46. The fraction of sp³-hybridized carbons (Fsp3) is 0.500. The molecule has 3 heteroatoms. The van der Waals surface area contributed by atoms with E-state index in [1.54, 1.807) is 17.0 Å². The van der Waals surface area contributed by atoms with E-state index in [0.29, 0.717) is 13.1 Å². The highest BCUT2D eigenvalue weighted by Crippen LogP contribution is 2.06. The molecule has 1 heterocycles. The molecule has 1 aliphatic rings. The molecule has 1 fully saturated rings. The van der Waals surface area contributed by atoms with Crippen LogP contribution >= 0.6 is 0 Å². The first-order chi connectivity index (χ1) is 9.09. The topological polar surface area (TPSA) is 23.6 Å². The number of carbonyl (C=O) groups excluding carboxylic acids is 1. The van der Waals surface area contributed by atoms with Crippen LogP contribution in [0.3, 0.4) is 0 Å². The van der Waals surface area contributed by atoms with Gasteiger partial charge in [-0.3, -0.25) is 4.79 Å². The molecule has 17 heavy (non-hydrogen) atoms. The molecule has 1 saturated heterocycles. The number of nitrogens with zero attached hydrogens (tertiary/aromatic N) is 2. The summed E-state index contributed by atoms with van der Waals surface area (Å²) >= 11 is 0. The van der Waals surface area contributed by atoms with Gasteiger partial charge in [0.25, 0.3) is 0 Å². The molecule has 1 amide bonds. The first-order valence-electron chi connectivity index (χ1n) is 7.12. The minimum atomic E-state index is -1.04. The summed E-state index contributed by atoms with van der Waals surface area (Å²) in [6.07, 6.45) is -1.85. The number of rotatable bonds is 3. The van der Waals surface area contributed by atoms with E-state index in [0.717, 1.165) is 18.7 Å². The van der Waals surface area contributed by atoms with Crippen LogP contribution in [-0.4, -0.2) is 48.9 Å². The highest BCUT2D eigenvalue weighted by molar-refractivity contribution is 5.76. The smallest absolute Gasteiger partial charge is 0.222 e. The molecule has 1 aliphatic heterocycles. The highest BCUT2D eigenvalue weighted by Gasteiger charge is 2.18. The van der Waals surface area contributed by atoms with E-state index in [1.807, 2.05) is 25.2 Å². The van der Waals surface area contributed by atoms with E-state index in [1.165, 1.54) is 0 Å². The molecular formula is C14H20N2O. The molecule has 92 valence electrons. The van der Waals surface area contributed by atoms with Gasteiger partial charge in [-0.1, -0.05) is 30.3 Å². The van der Waals surface area contributed by atoms with Crippen molar-refractivity contribution in [2.45, 2.75) is 12.8 Å². The van der Waals surface area contributed by atoms with Crippen molar-refractivity contribution >= 4 is 5.91 Å². The fourth-order valence-electron chi connectivity index (χ4n) is 1.86. The van der Waals surface area contributed by atoms with Crippen molar-refractivity contribution < 1.29 is 7.54 Å². The molecule has 0 aliphatic carbocycles. The van der Waals surface area contributed by atoms with Crippen molar-refractivity contribution in [3.63, 3.8) is 0 Å². The lowest BCUT2D eigenvalue weighted by Gasteiger charge is -2.32. The number of hydrogen-bond donors (Lipinski definition) is 0. The van der Waals surface area contributed by atoms with Crippen molar-refractivity contribution in [3.8, 4) is 0 Å². The van der Waals surface area contributed by atoms with Crippen LogP contribution in [0.5, 0.6) is 0 Å². The van der Waals surface area contributed by atoms with Crippen molar-refractivity contribution in [1.82, 2.24) is 9.80 Å². The molecule has 1 aromatic carbocycles. The minimum absolute atomic E-state index is 0.225. The van der Waals surface area contributed by atoms with Gasteiger partial charge in [-0.05, 0) is 19.0 Å². The maximum Gasteiger partial charge on any atom is 0.222 e. The molecule has 3 nitrogen and oxygen atoms in total. The van der Waals surface area contributed by atoms with Crippen LogP contribution in [0.15, 0.2) is 30.3 Å². The van der Waals surface area contributed by atoms with Gasteiger partial charge in [-0.25, -0.2) is 0 Å². The minimum Gasteiger partial charge on any atom is -0.340 e. The van der Waals surface area contributed by atoms with Crippen molar-refractivity contribution in [1.29, 1.82) is 0 Å². The van der Waals surface area contributed by atoms with Gasteiger partial charge in [0.05, 0.1) is 0 Å². The summed E-state index contributed by atoms with van der Waals surface area (Å²) in [5, 5.41) is 0. The molecule has 0 N–H and O–H groups in total. The summed E-state index contributed by atoms with van der Waals surface area (Å²) in [4.78, 5) is 16.1. The van der Waals surface area contributed by atoms with E-state index in [4.69, 9.17) is 2.74 Å². The number of hydrogen-bond acceptors (Lipinski definition) is 2. The van der Waals surface area contributed by atoms with Crippen LogP contribution in [0.25, 0.3) is 0 Å². The number of likely N-dealkylation sites (N-methyl/N-ethyl adjacent to an activating group) is 1. The normalized spacial score (nSPS) is 22.5. The Morgan fingerprint density at radius 1 is 1.24 bits per heavy atom. The summed E-state index contributed by atoms with van der Waals surface area (Å²) in [5.74, 6) is -0.225. The van der Waals surface area contributed by atoms with Crippen LogP contribution < -0.4 is 0 Å². The van der Waals surface area contributed by atoms with Crippen LogP contribution in [-0.2, 0) is 11.2 Å². The molecule has 0 saturated carbocycles. The largest absolute Gasteiger partial charge is 0.340 e. The quantitative estimate of drug-likeness (QED) is 0.789. The predicted octanol–water partition coefficient (Wildman–Crippen LogP) is 1.39. The Labute approximate surface area is 106 Å². The zero-order chi connectivity index (χ0) is 13.8. The predicted molar refractivity (Wildman–Crippen MR) is 68.8 cm³/mol. The molecule has 0 aromatic heterocycles. The standard InChI is InChI=1S/C14H20N2O/c1-15-9-11-16(12-10-15)14(17)8-7-13-5-3-2-4-6-13/h2-6H,7-12H2,1H3/i7D,8D. The summed E-state index contributed by atoms with van der Waals surface area (Å²) in [7, 11) is 2.03. The van der Waals surface area contributed by atoms with Gasteiger partial charge in [0, 0.05) is 35.3 Å². The Hall–Kier alpha value is -1.35. The summed E-state index contributed by atoms with van der Waals surface area (Å²) in [6, 6.07) is 9.15. The lowest BCUT2D eigenvalue weighted by Crippen LogP contribution is -2.47. The number of amides is 1. The summed E-state index contributed by atoms with van der Waals surface area (Å²) in [6.45, 7) is 3.00. The Kier molecular flexibility index (Phi) is 3.31. The highest BCUT2D eigenvalue weighted by atomic mass is 16.2. The molecule has 0 spiro atoms. The van der Waals surface area contributed by atoms with Gasteiger partial charge in [0.1, 0.15) is 0 Å². The fourth-order valence-corrected chi connectivity index (χ4v) is 1.86. The third kappa shape index (κ3) is 3.56. The van der Waals surface area contributed by atoms with Crippen molar-refractivity contribution in [2.75, 3.05) is 33.2 Å². The van der Waals surface area contributed by atoms with Gasteiger partial charge in [0.2, 0.25) is 5.91 Å². The zero-order valence-corrected chi connectivity index (χ0v) is 10.2. The van der Waals surface area contributed by atoms with Gasteiger partial charge < -0.3 is 9.80 Å². The second-order valence-corrected chi connectivity index (χ2v) is 4.37. The Bertz CT molecular complexity index is 419. The second-order valence-electron chi connectivity index (χ2n) is 4.37. The number of piperazine rings is 1. The monoisotopic (exact) mass is 234 g/mol. The Balaban J connectivity index is 1.99. The molecule has 2 unspecified atom stereocenters. The van der Waals surface area contributed by atoms with E-state index in [2.05, 4.69) is 4.90 Å². The maximum atomic E-state index is 12.2. The summed E-state index contributed by atoms with van der Waals surface area (Å²) < 4.78 is 16.1. The molecule has 1 aromatic rings. The Morgan fingerprint density at radius 2 is 1.88 bits per heavy atom. The van der Waals surface area contributed by atoms with E-state index in [9.17, 15) is 4.79 Å². The lowest BCUT2D eigenvalue weighted by atomic mass is 10.1. The number of carbonyl (C=O) groups is 1. The van der Waals surface area contributed by atoms with Crippen LogP contribution in [0, 0.1) is 0 Å². The van der Waals surface area contributed by atoms with Gasteiger partial charge in [0.15, 0.2) is 0 Å². The van der Waals surface area contributed by atoms with E-state index in [-0.39, 0.29) is 5.91 Å². The lowest BCUT2D eigenvalue weighted by molar-refractivity contribution is -0.132. The van der Waals surface area contributed by atoms with Gasteiger partial charge in [-0.2, -0.15) is 0 Å². The van der Waals surface area contributed by atoms with Crippen LogP contribution in [0.4, 0.5) is 0 Å². The average molecular weight is 234 g/mol. The van der Waals surface area contributed by atoms with E-state index < -0.39 is 12.8 Å². The zero-order valence-electron chi connectivity index (χ0n) is 12.2. The SMILES string of the molecule is [2H]C(C(=O)N1CCN(C)CC1)C([2H])c1ccccc1. The number of aryl methyl sites for hydroxylation is 1. The van der Waals surface area contributed by atoms with E-state index >= 15 is 0 Å². The molecule has 0 radical (unpaired) electrons. The third-order valence-corrected chi connectivity index (χ3v) is 3.03. The third-order valence-electron chi connectivity index (χ3n) is 3.03. The molecular weight excluding hydrogens is 212 g/mol. The molecule has 2 rings (SSSR count). The second kappa shape index (κ2) is 5.82. The van der Waals surface area contributed by atoms with Gasteiger partial charge in [-0.15, -0.1) is 0 Å².